The first-order valence-corrected chi connectivity index (χ1v) is 7.83. The molecule has 100 valence electrons. The maximum atomic E-state index is 12.3. The van der Waals surface area contributed by atoms with E-state index in [1.165, 1.54) is 10.7 Å². The molecule has 1 aliphatic carbocycles. The van der Waals surface area contributed by atoms with E-state index in [0.717, 1.165) is 19.5 Å². The van der Waals surface area contributed by atoms with Crippen LogP contribution in [0.3, 0.4) is 0 Å². The normalized spacial score (nSPS) is 31.5. The monoisotopic (exact) mass is 261 g/mol. The molecule has 5 nitrogen and oxygen atoms in total. The summed E-state index contributed by atoms with van der Waals surface area (Å²) in [6, 6.07) is 0. The molecular formula is C11H23N3O2S. The minimum absolute atomic E-state index is 0.569. The third kappa shape index (κ3) is 3.19. The highest BCUT2D eigenvalue weighted by Gasteiger charge is 2.37. The summed E-state index contributed by atoms with van der Waals surface area (Å²) in [5, 5.41) is 3.22. The van der Waals surface area contributed by atoms with Crippen molar-refractivity contribution >= 4 is 10.2 Å². The molecule has 1 saturated carbocycles. The summed E-state index contributed by atoms with van der Waals surface area (Å²) in [6.07, 6.45) is 2.06. The van der Waals surface area contributed by atoms with Crippen LogP contribution >= 0.6 is 0 Å². The van der Waals surface area contributed by atoms with E-state index in [-0.39, 0.29) is 0 Å². The molecule has 1 N–H and O–H groups in total. The Kier molecular flexibility index (Phi) is 4.07. The zero-order valence-corrected chi connectivity index (χ0v) is 11.5. The molecule has 0 radical (unpaired) electrons. The molecule has 0 bridgehead atoms. The number of hydrogen-bond acceptors (Lipinski definition) is 3. The summed E-state index contributed by atoms with van der Waals surface area (Å²) >= 11 is 0. The standard InChI is InChI=1S/C11H23N3O2S/c1-10-8-11(10)9-13(2)17(15,16)14-6-3-4-12-5-7-14/h10-12H,3-9H2,1-2H3. The van der Waals surface area contributed by atoms with Crippen LogP contribution in [0.5, 0.6) is 0 Å². The molecule has 0 spiro atoms. The molecule has 0 aromatic rings. The van der Waals surface area contributed by atoms with Crippen molar-refractivity contribution in [2.75, 3.05) is 39.8 Å². The summed E-state index contributed by atoms with van der Waals surface area (Å²) in [5.74, 6) is 1.26. The number of nitrogens with zero attached hydrogens (tertiary/aromatic N) is 2. The number of nitrogens with one attached hydrogen (secondary N) is 1. The highest BCUT2D eigenvalue weighted by Crippen LogP contribution is 2.38. The van der Waals surface area contributed by atoms with Crippen LogP contribution in [0, 0.1) is 11.8 Å². The molecular weight excluding hydrogens is 238 g/mol. The van der Waals surface area contributed by atoms with Crippen LogP contribution in [-0.2, 0) is 10.2 Å². The Hall–Kier alpha value is -0.170. The first-order valence-electron chi connectivity index (χ1n) is 6.44. The average Bonchev–Trinajstić information content (AvgIpc) is 3.01. The first-order chi connectivity index (χ1) is 8.01. The minimum atomic E-state index is -3.24. The SMILES string of the molecule is CC1CC1CN(C)S(=O)(=O)N1CCCNCC1. The van der Waals surface area contributed by atoms with Crippen molar-refractivity contribution in [2.45, 2.75) is 19.8 Å². The second-order valence-electron chi connectivity index (χ2n) is 5.26. The van der Waals surface area contributed by atoms with Gasteiger partial charge >= 0.3 is 0 Å². The fourth-order valence-corrected chi connectivity index (χ4v) is 3.78. The Morgan fingerprint density at radius 3 is 2.71 bits per heavy atom. The lowest BCUT2D eigenvalue weighted by Gasteiger charge is -2.26. The molecule has 0 aromatic heterocycles. The number of hydrogen-bond donors (Lipinski definition) is 1. The van der Waals surface area contributed by atoms with Crippen molar-refractivity contribution in [1.82, 2.24) is 13.9 Å². The van der Waals surface area contributed by atoms with Crippen LogP contribution in [0.15, 0.2) is 0 Å². The predicted molar refractivity (Wildman–Crippen MR) is 67.9 cm³/mol. The summed E-state index contributed by atoms with van der Waals surface area (Å²) in [7, 11) is -1.53. The predicted octanol–water partition coefficient (Wildman–Crippen LogP) is 0.114. The van der Waals surface area contributed by atoms with Crippen LogP contribution in [-0.4, -0.2) is 56.8 Å². The lowest BCUT2D eigenvalue weighted by atomic mass is 10.3. The van der Waals surface area contributed by atoms with Gasteiger partial charge in [0.25, 0.3) is 10.2 Å². The lowest BCUT2D eigenvalue weighted by Crippen LogP contribution is -2.44. The fourth-order valence-electron chi connectivity index (χ4n) is 2.33. The van der Waals surface area contributed by atoms with Crippen molar-refractivity contribution in [3.05, 3.63) is 0 Å². The smallest absolute Gasteiger partial charge is 0.281 e. The Labute approximate surface area is 104 Å². The Balaban J connectivity index is 1.95. The van der Waals surface area contributed by atoms with Crippen molar-refractivity contribution in [3.63, 3.8) is 0 Å². The fraction of sp³-hybridized carbons (Fsp3) is 1.00. The molecule has 1 heterocycles. The van der Waals surface area contributed by atoms with Gasteiger partial charge < -0.3 is 5.32 Å². The van der Waals surface area contributed by atoms with Gasteiger partial charge in [0.15, 0.2) is 0 Å². The number of rotatable bonds is 4. The molecule has 2 unspecified atom stereocenters. The second kappa shape index (κ2) is 5.22. The van der Waals surface area contributed by atoms with Crippen LogP contribution in [0.25, 0.3) is 0 Å². The molecule has 1 aliphatic heterocycles. The van der Waals surface area contributed by atoms with Crippen molar-refractivity contribution in [1.29, 1.82) is 0 Å². The zero-order chi connectivity index (χ0) is 12.5. The highest BCUT2D eigenvalue weighted by atomic mass is 32.2. The van der Waals surface area contributed by atoms with Crippen LogP contribution in [0.1, 0.15) is 19.8 Å². The molecule has 6 heteroatoms. The molecule has 17 heavy (non-hydrogen) atoms. The summed E-state index contributed by atoms with van der Waals surface area (Å²) < 4.78 is 27.8. The Morgan fingerprint density at radius 2 is 2.06 bits per heavy atom. The topological polar surface area (TPSA) is 52.7 Å². The largest absolute Gasteiger partial charge is 0.315 e. The van der Waals surface area contributed by atoms with Gasteiger partial charge in [-0.3, -0.25) is 0 Å². The van der Waals surface area contributed by atoms with E-state index in [2.05, 4.69) is 12.2 Å². The van der Waals surface area contributed by atoms with Crippen molar-refractivity contribution in [2.24, 2.45) is 11.8 Å². The van der Waals surface area contributed by atoms with Crippen molar-refractivity contribution in [3.8, 4) is 0 Å². The van der Waals surface area contributed by atoms with Gasteiger partial charge in [0.05, 0.1) is 0 Å². The molecule has 0 amide bonds. The molecule has 2 aliphatic rings. The van der Waals surface area contributed by atoms with Crippen molar-refractivity contribution < 1.29 is 8.42 Å². The van der Waals surface area contributed by atoms with E-state index in [4.69, 9.17) is 0 Å². The van der Waals surface area contributed by atoms with Gasteiger partial charge in [-0.25, -0.2) is 0 Å². The quantitative estimate of drug-likeness (QED) is 0.782. The average molecular weight is 261 g/mol. The van der Waals surface area contributed by atoms with E-state index in [1.54, 1.807) is 11.4 Å². The van der Waals surface area contributed by atoms with Gasteiger partial charge in [-0.2, -0.15) is 17.0 Å². The molecule has 2 rings (SSSR count). The summed E-state index contributed by atoms with van der Waals surface area (Å²) in [6.45, 7) is 5.75. The maximum Gasteiger partial charge on any atom is 0.281 e. The summed E-state index contributed by atoms with van der Waals surface area (Å²) in [4.78, 5) is 0. The van der Waals surface area contributed by atoms with Crippen LogP contribution in [0.2, 0.25) is 0 Å². The Bertz CT molecular complexity index is 350. The van der Waals surface area contributed by atoms with Gasteiger partial charge in [-0.15, -0.1) is 0 Å². The minimum Gasteiger partial charge on any atom is -0.315 e. The first kappa shape index (κ1) is 13.3. The summed E-state index contributed by atoms with van der Waals surface area (Å²) in [5.41, 5.74) is 0. The van der Waals surface area contributed by atoms with E-state index >= 15 is 0 Å². The zero-order valence-electron chi connectivity index (χ0n) is 10.7. The Morgan fingerprint density at radius 1 is 1.35 bits per heavy atom. The lowest BCUT2D eigenvalue weighted by molar-refractivity contribution is 0.361. The third-order valence-electron chi connectivity index (χ3n) is 3.79. The van der Waals surface area contributed by atoms with Gasteiger partial charge in [0, 0.05) is 33.2 Å². The molecule has 0 aromatic carbocycles. The van der Waals surface area contributed by atoms with Gasteiger partial charge in [-0.1, -0.05) is 6.92 Å². The van der Waals surface area contributed by atoms with Gasteiger partial charge in [-0.05, 0) is 31.2 Å². The van der Waals surface area contributed by atoms with Crippen LogP contribution < -0.4 is 5.32 Å². The van der Waals surface area contributed by atoms with Gasteiger partial charge in [0.1, 0.15) is 0 Å². The molecule has 2 atom stereocenters. The van der Waals surface area contributed by atoms with E-state index in [9.17, 15) is 8.42 Å². The van der Waals surface area contributed by atoms with E-state index < -0.39 is 10.2 Å². The molecule has 1 saturated heterocycles. The highest BCUT2D eigenvalue weighted by molar-refractivity contribution is 7.86. The van der Waals surface area contributed by atoms with Crippen LogP contribution in [0.4, 0.5) is 0 Å². The molecule has 2 fully saturated rings. The van der Waals surface area contributed by atoms with Gasteiger partial charge in [0.2, 0.25) is 0 Å². The maximum absolute atomic E-state index is 12.3. The second-order valence-corrected chi connectivity index (χ2v) is 7.30. The third-order valence-corrected chi connectivity index (χ3v) is 5.74. The van der Waals surface area contributed by atoms with E-state index in [1.807, 2.05) is 0 Å². The van der Waals surface area contributed by atoms with E-state index in [0.29, 0.717) is 31.5 Å².